The van der Waals surface area contributed by atoms with Crippen LogP contribution in [0.5, 0.6) is 0 Å². The summed E-state index contributed by atoms with van der Waals surface area (Å²) in [5.74, 6) is -0.429. The summed E-state index contributed by atoms with van der Waals surface area (Å²) in [6, 6.07) is 6.04. The average Bonchev–Trinajstić information content (AvgIpc) is 2.90. The van der Waals surface area contributed by atoms with Crippen LogP contribution in [-0.2, 0) is 6.18 Å². The first-order valence-corrected chi connectivity index (χ1v) is 10.1. The Morgan fingerprint density at radius 2 is 1.97 bits per heavy atom. The largest absolute Gasteiger partial charge is 0.433 e. The fourth-order valence-corrected chi connectivity index (χ4v) is 3.61. The zero-order chi connectivity index (χ0) is 23.8. The molecule has 172 valence electrons. The number of anilines is 3. The van der Waals surface area contributed by atoms with Crippen molar-refractivity contribution in [2.75, 3.05) is 28.7 Å². The SMILES string of the molecule is C[C@@H]1CCN(C)c2ccc(-c3ccnc(C(F)(F)F)c3)nc2N1C(=O)Nc1ccncc1F. The van der Waals surface area contributed by atoms with Gasteiger partial charge in [-0.3, -0.25) is 14.9 Å². The minimum absolute atomic E-state index is 0.0403. The van der Waals surface area contributed by atoms with E-state index in [1.54, 1.807) is 12.1 Å². The third kappa shape index (κ3) is 4.57. The number of carbonyl (C=O) groups is 1. The number of hydrogen-bond acceptors (Lipinski definition) is 5. The second-order valence-corrected chi connectivity index (χ2v) is 7.68. The molecule has 1 aliphatic rings. The zero-order valence-electron chi connectivity index (χ0n) is 17.8. The van der Waals surface area contributed by atoms with Gasteiger partial charge in [0.05, 0.1) is 23.3 Å². The predicted octanol–water partition coefficient (Wildman–Crippen LogP) is 4.96. The monoisotopic (exact) mass is 460 g/mol. The van der Waals surface area contributed by atoms with Crippen molar-refractivity contribution in [3.05, 3.63) is 60.4 Å². The highest BCUT2D eigenvalue weighted by atomic mass is 19.4. The molecular weight excluding hydrogens is 440 g/mol. The molecule has 1 N–H and O–H groups in total. The summed E-state index contributed by atoms with van der Waals surface area (Å²) in [7, 11) is 1.84. The van der Waals surface area contributed by atoms with Gasteiger partial charge < -0.3 is 10.2 Å². The van der Waals surface area contributed by atoms with Crippen LogP contribution < -0.4 is 15.1 Å². The van der Waals surface area contributed by atoms with Gasteiger partial charge >= 0.3 is 12.2 Å². The third-order valence-electron chi connectivity index (χ3n) is 5.40. The topological polar surface area (TPSA) is 74.2 Å². The summed E-state index contributed by atoms with van der Waals surface area (Å²) in [6.07, 6.45) is -0.596. The molecule has 0 saturated carbocycles. The first-order chi connectivity index (χ1) is 15.6. The van der Waals surface area contributed by atoms with E-state index in [1.165, 1.54) is 23.2 Å². The van der Waals surface area contributed by atoms with Crippen LogP contribution in [0.15, 0.2) is 48.9 Å². The van der Waals surface area contributed by atoms with E-state index >= 15 is 0 Å². The van der Waals surface area contributed by atoms with E-state index in [1.807, 2.05) is 18.9 Å². The summed E-state index contributed by atoms with van der Waals surface area (Å²) in [4.78, 5) is 28.1. The second kappa shape index (κ2) is 8.64. The van der Waals surface area contributed by atoms with Crippen LogP contribution in [0.4, 0.5) is 39.5 Å². The first kappa shape index (κ1) is 22.4. The standard InChI is InChI=1S/C22H20F4N6O/c1-13-7-10-31(2)18-4-3-16(14-5-9-28-19(11-14)22(24,25)26)29-20(18)32(13)21(33)30-17-6-8-27-12-15(17)23/h3-6,8-9,11-13H,7,10H2,1-2H3,(H,27,30,33)/t13-/m1/s1. The quantitative estimate of drug-likeness (QED) is 0.547. The van der Waals surface area contributed by atoms with Crippen LogP contribution in [0.2, 0.25) is 0 Å². The Bertz CT molecular complexity index is 1190. The molecule has 0 bridgehead atoms. The van der Waals surface area contributed by atoms with Crippen molar-refractivity contribution in [2.24, 2.45) is 0 Å². The fraction of sp³-hybridized carbons (Fsp3) is 0.273. The Morgan fingerprint density at radius 3 is 2.70 bits per heavy atom. The van der Waals surface area contributed by atoms with Crippen molar-refractivity contribution in [1.29, 1.82) is 0 Å². The molecule has 11 heteroatoms. The molecule has 4 heterocycles. The van der Waals surface area contributed by atoms with Gasteiger partial charge in [0.15, 0.2) is 11.6 Å². The Kier molecular flexibility index (Phi) is 5.88. The van der Waals surface area contributed by atoms with E-state index < -0.39 is 23.7 Å². The highest BCUT2D eigenvalue weighted by Gasteiger charge is 2.33. The molecule has 7 nitrogen and oxygen atoms in total. The maximum atomic E-state index is 14.1. The minimum Gasteiger partial charge on any atom is -0.372 e. The molecule has 3 aromatic heterocycles. The number of nitrogens with one attached hydrogen (secondary N) is 1. The van der Waals surface area contributed by atoms with Gasteiger partial charge in [-0.05, 0) is 43.7 Å². The lowest BCUT2D eigenvalue weighted by atomic mass is 10.1. The first-order valence-electron chi connectivity index (χ1n) is 10.1. The highest BCUT2D eigenvalue weighted by molar-refractivity contribution is 6.03. The molecule has 33 heavy (non-hydrogen) atoms. The fourth-order valence-electron chi connectivity index (χ4n) is 3.61. The molecule has 4 rings (SSSR count). The summed E-state index contributed by atoms with van der Waals surface area (Å²) in [5, 5.41) is 2.54. The Labute approximate surface area is 187 Å². The molecule has 3 aromatic rings. The van der Waals surface area contributed by atoms with E-state index in [0.29, 0.717) is 18.7 Å². The average molecular weight is 460 g/mol. The molecule has 1 aliphatic heterocycles. The molecule has 1 atom stereocenters. The third-order valence-corrected chi connectivity index (χ3v) is 5.40. The number of halogens is 4. The lowest BCUT2D eigenvalue weighted by Crippen LogP contribution is -2.42. The highest BCUT2D eigenvalue weighted by Crippen LogP contribution is 2.36. The van der Waals surface area contributed by atoms with E-state index in [0.717, 1.165) is 18.5 Å². The van der Waals surface area contributed by atoms with Crippen molar-refractivity contribution in [3.8, 4) is 11.3 Å². The van der Waals surface area contributed by atoms with Crippen LogP contribution >= 0.6 is 0 Å². The second-order valence-electron chi connectivity index (χ2n) is 7.68. The van der Waals surface area contributed by atoms with Crippen LogP contribution in [0.3, 0.4) is 0 Å². The summed E-state index contributed by atoms with van der Waals surface area (Å²) >= 11 is 0. The predicted molar refractivity (Wildman–Crippen MR) is 116 cm³/mol. The molecule has 0 spiro atoms. The van der Waals surface area contributed by atoms with Crippen molar-refractivity contribution in [3.63, 3.8) is 0 Å². The van der Waals surface area contributed by atoms with Crippen molar-refractivity contribution in [2.45, 2.75) is 25.6 Å². The number of fused-ring (bicyclic) bond motifs is 1. The number of hydrogen-bond donors (Lipinski definition) is 1. The Balaban J connectivity index is 1.77. The molecule has 0 saturated heterocycles. The number of nitrogens with zero attached hydrogens (tertiary/aromatic N) is 5. The van der Waals surface area contributed by atoms with E-state index in [9.17, 15) is 22.4 Å². The summed E-state index contributed by atoms with van der Waals surface area (Å²) in [5.41, 5.74) is 0.00209. The molecule has 0 aromatic carbocycles. The molecule has 2 amide bonds. The van der Waals surface area contributed by atoms with Crippen LogP contribution in [0, 0.1) is 5.82 Å². The summed E-state index contributed by atoms with van der Waals surface area (Å²) < 4.78 is 53.5. The van der Waals surface area contributed by atoms with Crippen molar-refractivity contribution >= 4 is 23.2 Å². The van der Waals surface area contributed by atoms with Crippen LogP contribution in [-0.4, -0.2) is 40.6 Å². The number of pyridine rings is 3. The Hall–Kier alpha value is -3.76. The Morgan fingerprint density at radius 1 is 1.18 bits per heavy atom. The van der Waals surface area contributed by atoms with Gasteiger partial charge in [-0.15, -0.1) is 0 Å². The number of alkyl halides is 3. The number of aromatic nitrogens is 3. The lowest BCUT2D eigenvalue weighted by Gasteiger charge is -2.28. The lowest BCUT2D eigenvalue weighted by molar-refractivity contribution is -0.141. The maximum Gasteiger partial charge on any atom is 0.433 e. The van der Waals surface area contributed by atoms with E-state index in [-0.39, 0.29) is 28.8 Å². The van der Waals surface area contributed by atoms with Gasteiger partial charge in [0, 0.05) is 37.6 Å². The number of carbonyl (C=O) groups excluding carboxylic acids is 1. The van der Waals surface area contributed by atoms with Gasteiger partial charge in [0.2, 0.25) is 0 Å². The number of amides is 2. The van der Waals surface area contributed by atoms with Crippen molar-refractivity contribution < 1.29 is 22.4 Å². The van der Waals surface area contributed by atoms with Gasteiger partial charge in [0.25, 0.3) is 0 Å². The van der Waals surface area contributed by atoms with Crippen LogP contribution in [0.25, 0.3) is 11.3 Å². The number of rotatable bonds is 2. The van der Waals surface area contributed by atoms with Gasteiger partial charge in [-0.25, -0.2) is 14.2 Å². The molecule has 0 aliphatic carbocycles. The van der Waals surface area contributed by atoms with Crippen molar-refractivity contribution in [1.82, 2.24) is 15.0 Å². The van der Waals surface area contributed by atoms with Crippen LogP contribution in [0.1, 0.15) is 19.0 Å². The normalized spacial score (nSPS) is 16.2. The number of urea groups is 1. The molecular formula is C22H20F4N6O. The van der Waals surface area contributed by atoms with Gasteiger partial charge in [-0.2, -0.15) is 13.2 Å². The smallest absolute Gasteiger partial charge is 0.372 e. The molecule has 0 unspecified atom stereocenters. The zero-order valence-corrected chi connectivity index (χ0v) is 17.8. The van der Waals surface area contributed by atoms with E-state index in [2.05, 4.69) is 20.3 Å². The minimum atomic E-state index is -4.60. The summed E-state index contributed by atoms with van der Waals surface area (Å²) in [6.45, 7) is 2.45. The molecule has 0 fully saturated rings. The molecule has 0 radical (unpaired) electrons. The van der Waals surface area contributed by atoms with E-state index in [4.69, 9.17) is 0 Å². The van der Waals surface area contributed by atoms with Gasteiger partial charge in [-0.1, -0.05) is 0 Å². The van der Waals surface area contributed by atoms with Gasteiger partial charge in [0.1, 0.15) is 5.69 Å². The maximum absolute atomic E-state index is 14.1.